The Balaban J connectivity index is 1.17. The normalized spacial score (nSPS) is 25.4. The summed E-state index contributed by atoms with van der Waals surface area (Å²) in [6, 6.07) is 2.84. The molecule has 3 aliphatic heterocycles. The van der Waals surface area contributed by atoms with Gasteiger partial charge in [0.05, 0.1) is 19.7 Å². The van der Waals surface area contributed by atoms with Crippen LogP contribution in [0.2, 0.25) is 0 Å². The Morgan fingerprint density at radius 2 is 1.96 bits per heavy atom. The first kappa shape index (κ1) is 17.8. The molecule has 1 atom stereocenters. The summed E-state index contributed by atoms with van der Waals surface area (Å²) in [5.74, 6) is -1.98. The van der Waals surface area contributed by atoms with Gasteiger partial charge in [0.2, 0.25) is 6.39 Å². The molecule has 0 saturated carbocycles. The molecule has 1 N–H and O–H groups in total. The van der Waals surface area contributed by atoms with Gasteiger partial charge in [0.15, 0.2) is 11.6 Å². The second-order valence-electron chi connectivity index (χ2n) is 8.07. The van der Waals surface area contributed by atoms with Crippen LogP contribution in [0.5, 0.6) is 5.75 Å². The van der Waals surface area contributed by atoms with E-state index in [9.17, 15) is 13.9 Å². The molecule has 5 rings (SSSR count). The van der Waals surface area contributed by atoms with Crippen LogP contribution in [-0.4, -0.2) is 64.6 Å². The summed E-state index contributed by atoms with van der Waals surface area (Å²) in [5, 5.41) is 17.6. The van der Waals surface area contributed by atoms with E-state index in [0.717, 1.165) is 51.5 Å². The number of likely N-dealkylation sites (tertiary alicyclic amines) is 1. The maximum absolute atomic E-state index is 13.6. The molecule has 2 aromatic rings. The van der Waals surface area contributed by atoms with Gasteiger partial charge in [-0.3, -0.25) is 4.90 Å². The molecule has 1 spiro atoms. The Hall–Kier alpha value is -2.26. The molecule has 0 unspecified atom stereocenters. The Bertz CT molecular complexity index is 849. The van der Waals surface area contributed by atoms with Gasteiger partial charge in [-0.15, -0.1) is 5.10 Å². The van der Waals surface area contributed by atoms with Crippen molar-refractivity contribution in [3.05, 3.63) is 35.7 Å². The molecule has 28 heavy (non-hydrogen) atoms. The largest absolute Gasteiger partial charge is 0.505 e. The summed E-state index contributed by atoms with van der Waals surface area (Å²) in [4.78, 5) is 4.41. The zero-order valence-electron chi connectivity index (χ0n) is 15.4. The van der Waals surface area contributed by atoms with Crippen LogP contribution in [0.3, 0.4) is 0 Å². The highest BCUT2D eigenvalue weighted by Gasteiger charge is 2.52. The first-order valence-corrected chi connectivity index (χ1v) is 9.60. The van der Waals surface area contributed by atoms with Crippen LogP contribution in [0, 0.1) is 11.6 Å². The predicted octanol–water partition coefficient (Wildman–Crippen LogP) is 2.28. The van der Waals surface area contributed by atoms with Crippen LogP contribution in [0.4, 0.5) is 14.8 Å². The molecule has 7 nitrogen and oxygen atoms in total. The van der Waals surface area contributed by atoms with Gasteiger partial charge in [0.25, 0.3) is 0 Å². The van der Waals surface area contributed by atoms with Crippen molar-refractivity contribution in [3.8, 4) is 5.75 Å². The van der Waals surface area contributed by atoms with E-state index in [-0.39, 0.29) is 11.5 Å². The predicted molar refractivity (Wildman–Crippen MR) is 95.2 cm³/mol. The molecular weight excluding hydrogens is 370 g/mol. The van der Waals surface area contributed by atoms with Gasteiger partial charge in [-0.25, -0.2) is 8.78 Å². The van der Waals surface area contributed by atoms with Crippen molar-refractivity contribution in [2.45, 2.75) is 36.8 Å². The van der Waals surface area contributed by atoms with Crippen LogP contribution >= 0.6 is 0 Å². The molecule has 3 fully saturated rings. The van der Waals surface area contributed by atoms with E-state index in [1.165, 1.54) is 12.5 Å². The van der Waals surface area contributed by atoms with Gasteiger partial charge >= 0.3 is 6.01 Å². The molecule has 3 aliphatic rings. The Labute approximate surface area is 160 Å². The van der Waals surface area contributed by atoms with Crippen LogP contribution in [0.25, 0.3) is 0 Å². The number of ether oxygens (including phenoxy) is 1. The molecule has 9 heteroatoms. The van der Waals surface area contributed by atoms with Crippen molar-refractivity contribution >= 4 is 6.01 Å². The highest BCUT2D eigenvalue weighted by Crippen LogP contribution is 2.41. The third kappa shape index (κ3) is 3.02. The monoisotopic (exact) mass is 392 g/mol. The summed E-state index contributed by atoms with van der Waals surface area (Å²) in [5.41, 5.74) is 0.227. The average Bonchev–Trinajstić information content (AvgIpc) is 3.33. The molecule has 1 aromatic heterocycles. The maximum Gasteiger partial charge on any atom is 0.318 e. The van der Waals surface area contributed by atoms with Crippen LogP contribution < -0.4 is 4.90 Å². The fraction of sp³-hybridized carbons (Fsp3) is 0.579. The number of hydrogen-bond acceptors (Lipinski definition) is 7. The zero-order chi connectivity index (χ0) is 19.3. The Morgan fingerprint density at radius 1 is 1.18 bits per heavy atom. The molecular formula is C19H22F2N4O3. The number of aromatic hydroxyl groups is 1. The van der Waals surface area contributed by atoms with E-state index < -0.39 is 17.4 Å². The minimum Gasteiger partial charge on any atom is -0.505 e. The summed E-state index contributed by atoms with van der Waals surface area (Å²) in [6.45, 7) is 3.82. The van der Waals surface area contributed by atoms with Crippen molar-refractivity contribution < 1.29 is 23.0 Å². The lowest BCUT2D eigenvalue weighted by molar-refractivity contribution is -0.0216. The molecule has 0 bridgehead atoms. The Kier molecular flexibility index (Phi) is 4.24. The molecule has 4 heterocycles. The topological polar surface area (TPSA) is 74.9 Å². The first-order chi connectivity index (χ1) is 13.5. The van der Waals surface area contributed by atoms with Crippen LogP contribution in [0.15, 0.2) is 22.9 Å². The average molecular weight is 392 g/mol. The number of halogens is 2. The highest BCUT2D eigenvalue weighted by molar-refractivity contribution is 5.37. The van der Waals surface area contributed by atoms with Gasteiger partial charge in [-0.1, -0.05) is 5.10 Å². The van der Waals surface area contributed by atoms with Crippen LogP contribution in [0.1, 0.15) is 30.7 Å². The van der Waals surface area contributed by atoms with E-state index in [0.29, 0.717) is 24.2 Å². The van der Waals surface area contributed by atoms with E-state index in [2.05, 4.69) is 15.1 Å². The SMILES string of the molecule is Oc1c(F)cc(F)cc1C1CCN([C@@H]2COC3(C2)CN(c2nnco2)C3)CC1. The number of aromatic nitrogens is 2. The number of nitrogens with zero attached hydrogens (tertiary/aromatic N) is 4. The second kappa shape index (κ2) is 6.66. The highest BCUT2D eigenvalue weighted by atomic mass is 19.1. The number of phenols is 1. The second-order valence-corrected chi connectivity index (χ2v) is 8.07. The number of phenolic OH excluding ortho intramolecular Hbond substituents is 1. The third-order valence-corrected chi connectivity index (χ3v) is 6.31. The quantitative estimate of drug-likeness (QED) is 0.859. The standard InChI is InChI=1S/C19H22F2N4O3/c20-13-5-15(17(26)16(21)6-13)12-1-3-24(4-2-12)14-7-19(28-8-14)9-25(10-19)18-23-22-11-27-18/h5-6,11-12,14,26H,1-4,7-10H2/t14-/m0/s1. The fourth-order valence-electron chi connectivity index (χ4n) is 4.84. The summed E-state index contributed by atoms with van der Waals surface area (Å²) >= 11 is 0. The van der Waals surface area contributed by atoms with Gasteiger partial charge in [0.1, 0.15) is 11.4 Å². The molecule has 0 aliphatic carbocycles. The molecule has 1 aromatic carbocycles. The third-order valence-electron chi connectivity index (χ3n) is 6.31. The summed E-state index contributed by atoms with van der Waals surface area (Å²) in [7, 11) is 0. The van der Waals surface area contributed by atoms with Gasteiger partial charge in [0, 0.05) is 17.7 Å². The number of benzene rings is 1. The van der Waals surface area contributed by atoms with E-state index in [4.69, 9.17) is 9.15 Å². The molecule has 3 saturated heterocycles. The lowest BCUT2D eigenvalue weighted by Crippen LogP contribution is -2.62. The minimum absolute atomic E-state index is 0.0329. The van der Waals surface area contributed by atoms with Crippen molar-refractivity contribution in [3.63, 3.8) is 0 Å². The van der Waals surface area contributed by atoms with E-state index >= 15 is 0 Å². The summed E-state index contributed by atoms with van der Waals surface area (Å²) < 4.78 is 38.5. The summed E-state index contributed by atoms with van der Waals surface area (Å²) in [6.07, 6.45) is 3.79. The van der Waals surface area contributed by atoms with Gasteiger partial charge < -0.3 is 19.2 Å². The number of anilines is 1. The smallest absolute Gasteiger partial charge is 0.318 e. The van der Waals surface area contributed by atoms with Crippen molar-refractivity contribution in [2.75, 3.05) is 37.7 Å². The van der Waals surface area contributed by atoms with Gasteiger partial charge in [-0.05, 0) is 44.3 Å². The fourth-order valence-corrected chi connectivity index (χ4v) is 4.84. The molecule has 150 valence electrons. The van der Waals surface area contributed by atoms with E-state index in [1.54, 1.807) is 0 Å². The lowest BCUT2D eigenvalue weighted by atomic mass is 9.86. The maximum atomic E-state index is 13.6. The lowest BCUT2D eigenvalue weighted by Gasteiger charge is -2.46. The zero-order valence-corrected chi connectivity index (χ0v) is 15.4. The van der Waals surface area contributed by atoms with Crippen molar-refractivity contribution in [2.24, 2.45) is 0 Å². The van der Waals surface area contributed by atoms with Crippen LogP contribution in [-0.2, 0) is 4.74 Å². The number of hydrogen-bond donors (Lipinski definition) is 1. The molecule has 0 amide bonds. The van der Waals surface area contributed by atoms with Gasteiger partial charge in [-0.2, -0.15) is 0 Å². The van der Waals surface area contributed by atoms with Crippen molar-refractivity contribution in [1.82, 2.24) is 15.1 Å². The minimum atomic E-state index is -0.889. The first-order valence-electron chi connectivity index (χ1n) is 9.60. The van der Waals surface area contributed by atoms with Crippen molar-refractivity contribution in [1.29, 1.82) is 0 Å². The Morgan fingerprint density at radius 3 is 2.68 bits per heavy atom. The number of rotatable bonds is 3. The van der Waals surface area contributed by atoms with E-state index in [1.807, 2.05) is 4.90 Å². The number of piperidine rings is 1. The molecule has 0 radical (unpaired) electrons.